The fourth-order valence-corrected chi connectivity index (χ4v) is 4.32. The number of thiazole rings is 1. The van der Waals surface area contributed by atoms with Gasteiger partial charge in [0, 0.05) is 16.4 Å². The van der Waals surface area contributed by atoms with Gasteiger partial charge in [0.05, 0.1) is 22.6 Å². The Morgan fingerprint density at radius 3 is 2.80 bits per heavy atom. The van der Waals surface area contributed by atoms with Crippen molar-refractivity contribution in [2.24, 2.45) is 5.73 Å². The van der Waals surface area contributed by atoms with Crippen molar-refractivity contribution in [2.45, 2.75) is 24.9 Å². The number of aromatic nitrogens is 1. The van der Waals surface area contributed by atoms with E-state index in [1.165, 1.54) is 11.3 Å². The Hall–Kier alpha value is -0.800. The number of nitrogens with one attached hydrogen (secondary N) is 1. The van der Waals surface area contributed by atoms with Crippen LogP contribution in [0.3, 0.4) is 0 Å². The fourth-order valence-electron chi connectivity index (χ4n) is 1.69. The van der Waals surface area contributed by atoms with Crippen molar-refractivity contribution in [1.29, 1.82) is 0 Å². The largest absolute Gasteiger partial charge is 0.326 e. The molecule has 0 spiro atoms. The number of benzene rings is 1. The minimum atomic E-state index is -3.61. The Labute approximate surface area is 130 Å². The lowest BCUT2D eigenvalue weighted by Crippen LogP contribution is -2.24. The maximum atomic E-state index is 12.4. The summed E-state index contributed by atoms with van der Waals surface area (Å²) in [5, 5.41) is 1.80. The maximum Gasteiger partial charge on any atom is 0.242 e. The third-order valence-corrected chi connectivity index (χ3v) is 6.11. The topological polar surface area (TPSA) is 85.1 Å². The Morgan fingerprint density at radius 2 is 2.20 bits per heavy atom. The van der Waals surface area contributed by atoms with E-state index in [1.54, 1.807) is 17.0 Å². The van der Waals surface area contributed by atoms with Gasteiger partial charge in [0.2, 0.25) is 10.0 Å². The molecule has 8 heteroatoms. The number of sulfonamides is 1. The molecule has 0 bridgehead atoms. The highest BCUT2D eigenvalue weighted by atomic mass is 79.9. The molecule has 5 nitrogen and oxygen atoms in total. The Balaban J connectivity index is 2.31. The molecule has 1 heterocycles. The molecule has 0 amide bonds. The quantitative estimate of drug-likeness (QED) is 0.838. The predicted octanol–water partition coefficient (Wildman–Crippen LogP) is 2.15. The molecular weight excluding hydrogens is 362 g/mol. The molecule has 0 saturated heterocycles. The highest BCUT2D eigenvalue weighted by molar-refractivity contribution is 9.10. The second-order valence-electron chi connectivity index (χ2n) is 4.23. The van der Waals surface area contributed by atoms with Crippen LogP contribution < -0.4 is 10.5 Å². The number of aryl methyl sites for hydroxylation is 1. The second kappa shape index (κ2) is 6.31. The smallest absolute Gasteiger partial charge is 0.242 e. The highest BCUT2D eigenvalue weighted by Crippen LogP contribution is 2.27. The first-order chi connectivity index (χ1) is 9.44. The van der Waals surface area contributed by atoms with Crippen molar-refractivity contribution < 1.29 is 8.42 Å². The van der Waals surface area contributed by atoms with Crippen molar-refractivity contribution in [3.63, 3.8) is 0 Å². The molecule has 108 valence electrons. The number of halogens is 1. The van der Waals surface area contributed by atoms with Gasteiger partial charge in [0.15, 0.2) is 0 Å². The molecular formula is C12H14BrN3O2S2. The molecule has 1 aromatic carbocycles. The zero-order valence-corrected chi connectivity index (χ0v) is 14.0. The van der Waals surface area contributed by atoms with Crippen LogP contribution in [0.4, 0.5) is 0 Å². The van der Waals surface area contributed by atoms with E-state index in [0.29, 0.717) is 16.7 Å². The standard InChI is InChI=1S/C12H14BrN3O2S2/c1-8-2-9(4-14)3-11(12(8)13)20(17,18)16-5-10-6-19-7-15-10/h2-3,6-7,16H,4-5,14H2,1H3. The van der Waals surface area contributed by atoms with Crippen LogP contribution in [0, 0.1) is 6.92 Å². The molecule has 0 unspecified atom stereocenters. The van der Waals surface area contributed by atoms with E-state index in [1.807, 2.05) is 13.0 Å². The minimum absolute atomic E-state index is 0.171. The van der Waals surface area contributed by atoms with Crippen LogP contribution in [0.25, 0.3) is 0 Å². The van der Waals surface area contributed by atoms with Gasteiger partial charge < -0.3 is 5.73 Å². The van der Waals surface area contributed by atoms with Crippen LogP contribution in [0.2, 0.25) is 0 Å². The summed E-state index contributed by atoms with van der Waals surface area (Å²) in [6.45, 7) is 2.30. The van der Waals surface area contributed by atoms with Crippen molar-refractivity contribution >= 4 is 37.3 Å². The molecule has 0 aliphatic rings. The second-order valence-corrected chi connectivity index (χ2v) is 7.48. The normalized spacial score (nSPS) is 11.8. The van der Waals surface area contributed by atoms with Gasteiger partial charge in [0.1, 0.15) is 0 Å². The van der Waals surface area contributed by atoms with Gasteiger partial charge in [-0.05, 0) is 40.0 Å². The van der Waals surface area contributed by atoms with Crippen LogP contribution in [0.1, 0.15) is 16.8 Å². The van der Waals surface area contributed by atoms with E-state index in [0.717, 1.165) is 11.1 Å². The predicted molar refractivity (Wildman–Crippen MR) is 82.9 cm³/mol. The van der Waals surface area contributed by atoms with Crippen molar-refractivity contribution in [3.05, 3.63) is 44.3 Å². The average Bonchev–Trinajstić information content (AvgIpc) is 2.92. The molecule has 2 rings (SSSR count). The Bertz CT molecular complexity index is 700. The van der Waals surface area contributed by atoms with Crippen LogP contribution in [-0.2, 0) is 23.1 Å². The van der Waals surface area contributed by atoms with E-state index < -0.39 is 10.0 Å². The third-order valence-electron chi connectivity index (χ3n) is 2.73. The Morgan fingerprint density at radius 1 is 1.45 bits per heavy atom. The van der Waals surface area contributed by atoms with E-state index in [4.69, 9.17) is 5.73 Å². The summed E-state index contributed by atoms with van der Waals surface area (Å²) in [7, 11) is -3.61. The number of hydrogen-bond donors (Lipinski definition) is 2. The first-order valence-electron chi connectivity index (χ1n) is 5.80. The summed E-state index contributed by atoms with van der Waals surface area (Å²) in [6.07, 6.45) is 0. The summed E-state index contributed by atoms with van der Waals surface area (Å²) >= 11 is 4.75. The molecule has 0 aliphatic carbocycles. The number of hydrogen-bond acceptors (Lipinski definition) is 5. The molecule has 2 aromatic rings. The summed E-state index contributed by atoms with van der Waals surface area (Å²) in [6, 6.07) is 3.45. The van der Waals surface area contributed by atoms with Gasteiger partial charge in [-0.1, -0.05) is 6.07 Å². The lowest BCUT2D eigenvalue weighted by molar-refractivity contribution is 0.580. The average molecular weight is 376 g/mol. The van der Waals surface area contributed by atoms with Crippen molar-refractivity contribution in [2.75, 3.05) is 0 Å². The SMILES string of the molecule is Cc1cc(CN)cc(S(=O)(=O)NCc2cscn2)c1Br. The van der Waals surface area contributed by atoms with Crippen LogP contribution >= 0.6 is 27.3 Å². The first kappa shape index (κ1) is 15.6. The molecule has 0 saturated carbocycles. The first-order valence-corrected chi connectivity index (χ1v) is 9.02. The molecule has 3 N–H and O–H groups in total. The monoisotopic (exact) mass is 375 g/mol. The number of rotatable bonds is 5. The van der Waals surface area contributed by atoms with Gasteiger partial charge in [-0.25, -0.2) is 18.1 Å². The molecule has 0 atom stereocenters. The van der Waals surface area contributed by atoms with Gasteiger partial charge in [-0.2, -0.15) is 0 Å². The van der Waals surface area contributed by atoms with Crippen molar-refractivity contribution in [3.8, 4) is 0 Å². The summed E-state index contributed by atoms with van der Waals surface area (Å²) < 4.78 is 27.8. The van der Waals surface area contributed by atoms with Crippen molar-refractivity contribution in [1.82, 2.24) is 9.71 Å². The Kier molecular flexibility index (Phi) is 4.92. The van der Waals surface area contributed by atoms with Crippen LogP contribution in [0.15, 0.2) is 32.4 Å². The van der Waals surface area contributed by atoms with Gasteiger partial charge >= 0.3 is 0 Å². The molecule has 20 heavy (non-hydrogen) atoms. The zero-order valence-electron chi connectivity index (χ0n) is 10.8. The van der Waals surface area contributed by atoms with Gasteiger partial charge in [0.25, 0.3) is 0 Å². The highest BCUT2D eigenvalue weighted by Gasteiger charge is 2.19. The molecule has 0 fully saturated rings. The molecule has 0 aliphatic heterocycles. The zero-order chi connectivity index (χ0) is 14.8. The maximum absolute atomic E-state index is 12.4. The minimum Gasteiger partial charge on any atom is -0.326 e. The lowest BCUT2D eigenvalue weighted by atomic mass is 10.1. The van der Waals surface area contributed by atoms with Crippen LogP contribution in [-0.4, -0.2) is 13.4 Å². The summed E-state index contributed by atoms with van der Waals surface area (Å²) in [5.74, 6) is 0. The lowest BCUT2D eigenvalue weighted by Gasteiger charge is -2.11. The van der Waals surface area contributed by atoms with E-state index >= 15 is 0 Å². The fraction of sp³-hybridized carbons (Fsp3) is 0.250. The van der Waals surface area contributed by atoms with E-state index in [9.17, 15) is 8.42 Å². The van der Waals surface area contributed by atoms with E-state index in [2.05, 4.69) is 25.6 Å². The molecule has 0 radical (unpaired) electrons. The number of nitrogens with zero attached hydrogens (tertiary/aromatic N) is 1. The van der Waals surface area contributed by atoms with Gasteiger partial charge in [-0.3, -0.25) is 0 Å². The van der Waals surface area contributed by atoms with E-state index in [-0.39, 0.29) is 11.4 Å². The molecule has 1 aromatic heterocycles. The third kappa shape index (κ3) is 3.44. The van der Waals surface area contributed by atoms with Gasteiger partial charge in [-0.15, -0.1) is 11.3 Å². The summed E-state index contributed by atoms with van der Waals surface area (Å²) in [4.78, 5) is 4.25. The number of nitrogens with two attached hydrogens (primary N) is 1. The summed E-state index contributed by atoms with van der Waals surface area (Å²) in [5.41, 5.74) is 9.57. The van der Waals surface area contributed by atoms with Crippen LogP contribution in [0.5, 0.6) is 0 Å².